The third-order valence-electron chi connectivity index (χ3n) is 5.15. The summed E-state index contributed by atoms with van der Waals surface area (Å²) >= 11 is 5.89. The molecule has 33 heavy (non-hydrogen) atoms. The Kier molecular flexibility index (Phi) is 8.47. The molecule has 3 aromatic carbocycles. The summed E-state index contributed by atoms with van der Waals surface area (Å²) in [6.45, 7) is 2.17. The first-order valence-electron chi connectivity index (χ1n) is 10.7. The van der Waals surface area contributed by atoms with Gasteiger partial charge in [-0.05, 0) is 79.1 Å². The lowest BCUT2D eigenvalue weighted by Crippen LogP contribution is -2.38. The van der Waals surface area contributed by atoms with Gasteiger partial charge in [-0.1, -0.05) is 37.1 Å². The van der Waals surface area contributed by atoms with E-state index in [2.05, 4.69) is 12.2 Å². The van der Waals surface area contributed by atoms with E-state index in [4.69, 9.17) is 11.6 Å². The highest BCUT2D eigenvalue weighted by Gasteiger charge is 2.25. The maximum Gasteiger partial charge on any atom is 0.264 e. The van der Waals surface area contributed by atoms with Crippen molar-refractivity contribution in [3.8, 4) is 0 Å². The number of amides is 1. The lowest BCUT2D eigenvalue weighted by molar-refractivity contribution is 0.0955. The Morgan fingerprint density at radius 1 is 0.970 bits per heavy atom. The minimum Gasteiger partial charge on any atom is -0.350 e. The normalized spacial score (nSPS) is 11.2. The second-order valence-corrected chi connectivity index (χ2v) is 9.86. The van der Waals surface area contributed by atoms with Gasteiger partial charge in [0.2, 0.25) is 0 Å². The summed E-state index contributed by atoms with van der Waals surface area (Å²) in [6.07, 6.45) is 3.16. The van der Waals surface area contributed by atoms with E-state index in [0.717, 1.165) is 23.6 Å². The van der Waals surface area contributed by atoms with Gasteiger partial charge in [0.25, 0.3) is 15.9 Å². The number of rotatable bonds is 10. The Morgan fingerprint density at radius 2 is 1.61 bits per heavy atom. The van der Waals surface area contributed by atoms with E-state index in [1.54, 1.807) is 12.1 Å². The summed E-state index contributed by atoms with van der Waals surface area (Å²) in [5.41, 5.74) is 1.97. The van der Waals surface area contributed by atoms with Crippen LogP contribution in [0.2, 0.25) is 5.02 Å². The molecule has 174 valence electrons. The first-order valence-corrected chi connectivity index (χ1v) is 12.5. The van der Waals surface area contributed by atoms with Crippen molar-refractivity contribution in [2.24, 2.45) is 0 Å². The zero-order valence-corrected chi connectivity index (χ0v) is 19.9. The summed E-state index contributed by atoms with van der Waals surface area (Å²) in [5, 5.41) is 3.18. The predicted octanol–water partition coefficient (Wildman–Crippen LogP) is 5.45. The number of carbonyl (C=O) groups excluding carboxylic acids is 1. The first kappa shape index (κ1) is 24.7. The van der Waals surface area contributed by atoms with Crippen LogP contribution in [0.5, 0.6) is 0 Å². The van der Waals surface area contributed by atoms with Gasteiger partial charge < -0.3 is 5.32 Å². The molecule has 3 rings (SSSR count). The van der Waals surface area contributed by atoms with Crippen molar-refractivity contribution in [2.45, 2.75) is 31.1 Å². The van der Waals surface area contributed by atoms with Crippen molar-refractivity contribution in [3.63, 3.8) is 0 Å². The maximum atomic E-state index is 13.4. The largest absolute Gasteiger partial charge is 0.350 e. The number of hydrogen-bond acceptors (Lipinski definition) is 3. The predicted molar refractivity (Wildman–Crippen MR) is 130 cm³/mol. The molecule has 8 heteroatoms. The van der Waals surface area contributed by atoms with Crippen molar-refractivity contribution in [1.29, 1.82) is 0 Å². The molecule has 0 unspecified atom stereocenters. The Morgan fingerprint density at radius 3 is 2.21 bits per heavy atom. The van der Waals surface area contributed by atoms with Crippen LogP contribution >= 0.6 is 11.6 Å². The molecule has 0 aliphatic carbocycles. The van der Waals surface area contributed by atoms with Crippen LogP contribution in [0, 0.1) is 5.82 Å². The highest BCUT2D eigenvalue weighted by Crippen LogP contribution is 2.24. The summed E-state index contributed by atoms with van der Waals surface area (Å²) in [6, 6.07) is 18.4. The average Bonchev–Trinajstić information content (AvgIpc) is 2.81. The van der Waals surface area contributed by atoms with Gasteiger partial charge in [-0.3, -0.25) is 9.10 Å². The van der Waals surface area contributed by atoms with Crippen molar-refractivity contribution in [1.82, 2.24) is 5.32 Å². The molecule has 0 radical (unpaired) electrons. The Bertz CT molecular complexity index is 1170. The highest BCUT2D eigenvalue weighted by molar-refractivity contribution is 7.92. The van der Waals surface area contributed by atoms with Gasteiger partial charge in [-0.25, -0.2) is 12.8 Å². The molecule has 0 bridgehead atoms. The van der Waals surface area contributed by atoms with E-state index < -0.39 is 15.8 Å². The van der Waals surface area contributed by atoms with E-state index >= 15 is 0 Å². The number of halogens is 2. The molecule has 0 saturated heterocycles. The topological polar surface area (TPSA) is 66.5 Å². The van der Waals surface area contributed by atoms with Crippen LogP contribution in [0.25, 0.3) is 0 Å². The molecule has 0 saturated carbocycles. The number of nitrogens with zero attached hydrogens (tertiary/aromatic N) is 1. The molecule has 0 fully saturated rings. The van der Waals surface area contributed by atoms with E-state index in [1.165, 1.54) is 54.1 Å². The maximum absolute atomic E-state index is 13.4. The Balaban J connectivity index is 1.73. The fraction of sp³-hybridized carbons (Fsp3) is 0.240. The third-order valence-corrected chi connectivity index (χ3v) is 7.25. The monoisotopic (exact) mass is 488 g/mol. The molecule has 1 amide bonds. The van der Waals surface area contributed by atoms with E-state index in [-0.39, 0.29) is 23.9 Å². The lowest BCUT2D eigenvalue weighted by Gasteiger charge is -2.25. The van der Waals surface area contributed by atoms with Crippen molar-refractivity contribution < 1.29 is 17.6 Å². The van der Waals surface area contributed by atoms with Crippen molar-refractivity contribution >= 4 is 33.2 Å². The molecule has 0 aromatic heterocycles. The van der Waals surface area contributed by atoms with E-state index in [9.17, 15) is 17.6 Å². The van der Waals surface area contributed by atoms with Crippen LogP contribution < -0.4 is 9.62 Å². The van der Waals surface area contributed by atoms with Crippen LogP contribution in [0.1, 0.15) is 35.7 Å². The molecule has 3 aromatic rings. The number of nitrogens with one attached hydrogen (secondary N) is 1. The summed E-state index contributed by atoms with van der Waals surface area (Å²) < 4.78 is 41.1. The molecular weight excluding hydrogens is 463 g/mol. The second kappa shape index (κ2) is 11.3. The van der Waals surface area contributed by atoms with E-state index in [0.29, 0.717) is 16.3 Å². The zero-order chi connectivity index (χ0) is 23.8. The SMILES string of the molecule is CCCCc1ccc(C(=O)NCCN(c2ccc(F)cc2)S(=O)(=O)c2ccc(Cl)cc2)cc1. The smallest absolute Gasteiger partial charge is 0.264 e. The van der Waals surface area contributed by atoms with Crippen LogP contribution in [0.3, 0.4) is 0 Å². The summed E-state index contributed by atoms with van der Waals surface area (Å²) in [4.78, 5) is 12.6. The molecule has 0 atom stereocenters. The average molecular weight is 489 g/mol. The van der Waals surface area contributed by atoms with Gasteiger partial charge >= 0.3 is 0 Å². The number of benzene rings is 3. The van der Waals surface area contributed by atoms with Gasteiger partial charge in [0.15, 0.2) is 0 Å². The quantitative estimate of drug-likeness (QED) is 0.413. The zero-order valence-electron chi connectivity index (χ0n) is 18.3. The van der Waals surface area contributed by atoms with Gasteiger partial charge in [0.05, 0.1) is 17.1 Å². The molecular formula is C25H26ClFN2O3S. The molecule has 5 nitrogen and oxygen atoms in total. The van der Waals surface area contributed by atoms with Gasteiger partial charge in [-0.2, -0.15) is 0 Å². The minimum atomic E-state index is -3.96. The van der Waals surface area contributed by atoms with Crippen LogP contribution in [0.15, 0.2) is 77.7 Å². The van der Waals surface area contributed by atoms with Gasteiger partial charge in [0, 0.05) is 17.1 Å². The molecule has 0 aliphatic rings. The summed E-state index contributed by atoms with van der Waals surface area (Å²) in [5.74, 6) is -0.765. The van der Waals surface area contributed by atoms with Gasteiger partial charge in [0.1, 0.15) is 5.82 Å². The Hall–Kier alpha value is -2.90. The number of anilines is 1. The molecule has 1 N–H and O–H groups in total. The molecule has 0 heterocycles. The number of hydrogen-bond donors (Lipinski definition) is 1. The van der Waals surface area contributed by atoms with Crippen LogP contribution in [-0.4, -0.2) is 27.4 Å². The fourth-order valence-electron chi connectivity index (χ4n) is 3.31. The van der Waals surface area contributed by atoms with Crippen LogP contribution in [-0.2, 0) is 16.4 Å². The minimum absolute atomic E-state index is 0.0308. The number of unbranched alkanes of at least 4 members (excludes halogenated alkanes) is 1. The van der Waals surface area contributed by atoms with Crippen LogP contribution in [0.4, 0.5) is 10.1 Å². The van der Waals surface area contributed by atoms with Crippen molar-refractivity contribution in [2.75, 3.05) is 17.4 Å². The lowest BCUT2D eigenvalue weighted by atomic mass is 10.1. The Labute approximate surface area is 199 Å². The number of carbonyl (C=O) groups is 1. The number of aryl methyl sites for hydroxylation is 1. The van der Waals surface area contributed by atoms with Crippen molar-refractivity contribution in [3.05, 3.63) is 94.8 Å². The second-order valence-electron chi connectivity index (χ2n) is 7.56. The third kappa shape index (κ3) is 6.55. The molecule has 0 aliphatic heterocycles. The standard InChI is InChI=1S/C25H26ClFN2O3S/c1-2-3-4-19-5-7-20(8-6-19)25(30)28-17-18-29(23-13-11-22(27)12-14-23)33(31,32)24-15-9-21(26)10-16-24/h5-16H,2-4,17-18H2,1H3,(H,28,30). The summed E-state index contributed by atoms with van der Waals surface area (Å²) in [7, 11) is -3.96. The molecule has 0 spiro atoms. The van der Waals surface area contributed by atoms with E-state index in [1.807, 2.05) is 12.1 Å². The number of sulfonamides is 1. The highest BCUT2D eigenvalue weighted by atomic mass is 35.5. The first-order chi connectivity index (χ1) is 15.8. The van der Waals surface area contributed by atoms with Gasteiger partial charge in [-0.15, -0.1) is 0 Å². The fourth-order valence-corrected chi connectivity index (χ4v) is 4.90.